The number of amides is 1. The van der Waals surface area contributed by atoms with Crippen molar-refractivity contribution in [3.8, 4) is 0 Å². The van der Waals surface area contributed by atoms with Crippen LogP contribution in [-0.4, -0.2) is 29.5 Å². The van der Waals surface area contributed by atoms with Gasteiger partial charge in [0.05, 0.1) is 23.8 Å². The van der Waals surface area contributed by atoms with Gasteiger partial charge >= 0.3 is 0 Å². The molecular formula is C15H18N4O. The van der Waals surface area contributed by atoms with Gasteiger partial charge in [-0.1, -0.05) is 6.92 Å². The van der Waals surface area contributed by atoms with Crippen LogP contribution in [0.1, 0.15) is 23.8 Å². The van der Waals surface area contributed by atoms with Crippen molar-refractivity contribution in [2.24, 2.45) is 0 Å². The minimum absolute atomic E-state index is 0.153. The maximum absolute atomic E-state index is 12.3. The quantitative estimate of drug-likeness (QED) is 0.907. The van der Waals surface area contributed by atoms with Gasteiger partial charge in [-0.2, -0.15) is 0 Å². The van der Waals surface area contributed by atoms with Gasteiger partial charge in [0.1, 0.15) is 5.69 Å². The Hall–Kier alpha value is -2.43. The molecule has 0 unspecified atom stereocenters. The number of carbonyl (C=O) groups is 1. The Kier molecular flexibility index (Phi) is 4.65. The van der Waals surface area contributed by atoms with E-state index in [4.69, 9.17) is 0 Å². The standard InChI is InChI=1S/C15H18N4O/c1-3-8-17-12-6-7-14(18-10-12)15(20)19(2)13-5-4-9-16-11-13/h4-7,9-11,17H,3,8H2,1-2H3. The molecule has 0 bridgehead atoms. The fraction of sp³-hybridized carbons (Fsp3) is 0.267. The fourth-order valence-corrected chi connectivity index (χ4v) is 1.74. The third kappa shape index (κ3) is 3.32. The molecule has 0 aliphatic rings. The van der Waals surface area contributed by atoms with Crippen LogP contribution in [0.2, 0.25) is 0 Å². The first-order valence-electron chi connectivity index (χ1n) is 6.60. The van der Waals surface area contributed by atoms with E-state index in [9.17, 15) is 4.79 Å². The number of rotatable bonds is 5. The van der Waals surface area contributed by atoms with Crippen molar-refractivity contribution >= 4 is 17.3 Å². The van der Waals surface area contributed by atoms with Gasteiger partial charge < -0.3 is 10.2 Å². The van der Waals surface area contributed by atoms with Crippen molar-refractivity contribution in [1.29, 1.82) is 0 Å². The molecule has 0 radical (unpaired) electrons. The minimum Gasteiger partial charge on any atom is -0.384 e. The third-order valence-corrected chi connectivity index (χ3v) is 2.90. The molecule has 0 saturated carbocycles. The number of carbonyl (C=O) groups excluding carboxylic acids is 1. The van der Waals surface area contributed by atoms with Gasteiger partial charge in [0.15, 0.2) is 0 Å². The zero-order valence-corrected chi connectivity index (χ0v) is 11.7. The van der Waals surface area contributed by atoms with Crippen LogP contribution >= 0.6 is 0 Å². The lowest BCUT2D eigenvalue weighted by Crippen LogP contribution is -2.27. The third-order valence-electron chi connectivity index (χ3n) is 2.90. The second-order valence-electron chi connectivity index (χ2n) is 4.43. The molecule has 5 nitrogen and oxygen atoms in total. The number of aromatic nitrogens is 2. The number of hydrogen-bond donors (Lipinski definition) is 1. The van der Waals surface area contributed by atoms with Gasteiger partial charge in [-0.25, -0.2) is 4.98 Å². The lowest BCUT2D eigenvalue weighted by Gasteiger charge is -2.16. The van der Waals surface area contributed by atoms with Crippen molar-refractivity contribution in [3.05, 3.63) is 48.5 Å². The molecule has 0 spiro atoms. The largest absolute Gasteiger partial charge is 0.384 e. The number of nitrogens with one attached hydrogen (secondary N) is 1. The lowest BCUT2D eigenvalue weighted by atomic mass is 10.3. The average molecular weight is 270 g/mol. The molecule has 20 heavy (non-hydrogen) atoms. The molecule has 0 aliphatic heterocycles. The van der Waals surface area contributed by atoms with E-state index in [1.54, 1.807) is 37.8 Å². The Morgan fingerprint density at radius 3 is 2.75 bits per heavy atom. The van der Waals surface area contributed by atoms with E-state index in [1.807, 2.05) is 12.1 Å². The molecule has 0 aromatic carbocycles. The van der Waals surface area contributed by atoms with Crippen LogP contribution in [0.15, 0.2) is 42.9 Å². The highest BCUT2D eigenvalue weighted by Crippen LogP contribution is 2.13. The molecule has 104 valence electrons. The molecule has 2 aromatic heterocycles. The zero-order chi connectivity index (χ0) is 14.4. The van der Waals surface area contributed by atoms with Crippen molar-refractivity contribution in [2.75, 3.05) is 23.8 Å². The van der Waals surface area contributed by atoms with Gasteiger partial charge in [0.25, 0.3) is 5.91 Å². The Labute approximate surface area is 118 Å². The summed E-state index contributed by atoms with van der Waals surface area (Å²) < 4.78 is 0. The van der Waals surface area contributed by atoms with E-state index in [1.165, 1.54) is 4.90 Å². The molecule has 2 rings (SSSR count). The maximum Gasteiger partial charge on any atom is 0.276 e. The first kappa shape index (κ1) is 14.0. The van der Waals surface area contributed by atoms with Crippen LogP contribution < -0.4 is 10.2 Å². The van der Waals surface area contributed by atoms with Crippen molar-refractivity contribution in [2.45, 2.75) is 13.3 Å². The van der Waals surface area contributed by atoms with E-state index in [-0.39, 0.29) is 5.91 Å². The average Bonchev–Trinajstić information content (AvgIpc) is 2.53. The highest BCUT2D eigenvalue weighted by Gasteiger charge is 2.14. The van der Waals surface area contributed by atoms with Crippen LogP contribution in [0.4, 0.5) is 11.4 Å². The highest BCUT2D eigenvalue weighted by molar-refractivity contribution is 6.04. The second-order valence-corrected chi connectivity index (χ2v) is 4.43. The summed E-state index contributed by atoms with van der Waals surface area (Å²) in [6.07, 6.45) is 6.05. The van der Waals surface area contributed by atoms with Crippen LogP contribution in [0.5, 0.6) is 0 Å². The topological polar surface area (TPSA) is 58.1 Å². The summed E-state index contributed by atoms with van der Waals surface area (Å²) in [5.74, 6) is -0.153. The van der Waals surface area contributed by atoms with E-state index in [2.05, 4.69) is 22.2 Å². The van der Waals surface area contributed by atoms with E-state index in [0.29, 0.717) is 5.69 Å². The molecule has 2 aromatic rings. The Balaban J connectivity index is 2.09. The van der Waals surface area contributed by atoms with Crippen molar-refractivity contribution < 1.29 is 4.79 Å². The normalized spacial score (nSPS) is 10.1. The summed E-state index contributed by atoms with van der Waals surface area (Å²) in [5, 5.41) is 3.22. The first-order valence-corrected chi connectivity index (χ1v) is 6.60. The molecule has 0 saturated heterocycles. The van der Waals surface area contributed by atoms with E-state index < -0.39 is 0 Å². The molecule has 1 amide bonds. The monoisotopic (exact) mass is 270 g/mol. The SMILES string of the molecule is CCCNc1ccc(C(=O)N(C)c2cccnc2)nc1. The summed E-state index contributed by atoms with van der Waals surface area (Å²) in [6.45, 7) is 2.99. The molecule has 2 heterocycles. The molecular weight excluding hydrogens is 252 g/mol. The van der Waals surface area contributed by atoms with Gasteiger partial charge in [0.2, 0.25) is 0 Å². The fourth-order valence-electron chi connectivity index (χ4n) is 1.74. The van der Waals surface area contributed by atoms with Crippen LogP contribution in [-0.2, 0) is 0 Å². The predicted molar refractivity (Wildman–Crippen MR) is 80.0 cm³/mol. The van der Waals surface area contributed by atoms with Gasteiger partial charge in [-0.05, 0) is 30.7 Å². The van der Waals surface area contributed by atoms with E-state index >= 15 is 0 Å². The Morgan fingerprint density at radius 1 is 1.30 bits per heavy atom. The van der Waals surface area contributed by atoms with Gasteiger partial charge in [-0.3, -0.25) is 9.78 Å². The van der Waals surface area contributed by atoms with Crippen LogP contribution in [0.3, 0.4) is 0 Å². The minimum atomic E-state index is -0.153. The highest BCUT2D eigenvalue weighted by atomic mass is 16.2. The summed E-state index contributed by atoms with van der Waals surface area (Å²) in [4.78, 5) is 22.0. The smallest absolute Gasteiger partial charge is 0.276 e. The molecule has 0 atom stereocenters. The molecule has 0 aliphatic carbocycles. The summed E-state index contributed by atoms with van der Waals surface area (Å²) in [6, 6.07) is 7.23. The number of hydrogen-bond acceptors (Lipinski definition) is 4. The van der Waals surface area contributed by atoms with E-state index in [0.717, 1.165) is 24.3 Å². The van der Waals surface area contributed by atoms with Crippen LogP contribution in [0.25, 0.3) is 0 Å². The molecule has 1 N–H and O–H groups in total. The Morgan fingerprint density at radius 2 is 2.15 bits per heavy atom. The molecule has 5 heteroatoms. The first-order chi connectivity index (χ1) is 9.72. The van der Waals surface area contributed by atoms with Gasteiger partial charge in [0, 0.05) is 19.8 Å². The number of anilines is 2. The van der Waals surface area contributed by atoms with Crippen molar-refractivity contribution in [1.82, 2.24) is 9.97 Å². The maximum atomic E-state index is 12.3. The lowest BCUT2D eigenvalue weighted by molar-refractivity contribution is 0.0988. The number of pyridine rings is 2. The van der Waals surface area contributed by atoms with Crippen LogP contribution in [0, 0.1) is 0 Å². The Bertz CT molecular complexity index is 554. The summed E-state index contributed by atoms with van der Waals surface area (Å²) >= 11 is 0. The summed E-state index contributed by atoms with van der Waals surface area (Å²) in [5.41, 5.74) is 2.08. The molecule has 0 fully saturated rings. The predicted octanol–water partition coefficient (Wildman–Crippen LogP) is 2.58. The second kappa shape index (κ2) is 6.65. The number of nitrogens with zero attached hydrogens (tertiary/aromatic N) is 3. The zero-order valence-electron chi connectivity index (χ0n) is 11.7. The summed E-state index contributed by atoms with van der Waals surface area (Å²) in [7, 11) is 1.71. The van der Waals surface area contributed by atoms with Crippen molar-refractivity contribution in [3.63, 3.8) is 0 Å². The van der Waals surface area contributed by atoms with Gasteiger partial charge in [-0.15, -0.1) is 0 Å².